The third-order valence-electron chi connectivity index (χ3n) is 2.96. The highest BCUT2D eigenvalue weighted by molar-refractivity contribution is 7.14. The van der Waals surface area contributed by atoms with Gasteiger partial charge in [-0.25, -0.2) is 0 Å². The van der Waals surface area contributed by atoms with Crippen molar-refractivity contribution >= 4 is 34.5 Å². The summed E-state index contributed by atoms with van der Waals surface area (Å²) < 4.78 is 0.823. The van der Waals surface area contributed by atoms with Gasteiger partial charge in [-0.1, -0.05) is 41.4 Å². The first-order valence-electron chi connectivity index (χ1n) is 5.82. The zero-order valence-electron chi connectivity index (χ0n) is 10.3. The molecule has 1 unspecified atom stereocenters. The van der Waals surface area contributed by atoms with E-state index in [9.17, 15) is 0 Å². The molecule has 1 heterocycles. The van der Waals surface area contributed by atoms with Gasteiger partial charge in [-0.15, -0.1) is 11.3 Å². The summed E-state index contributed by atoms with van der Waals surface area (Å²) in [5.41, 5.74) is 2.33. The molecule has 1 nitrogen and oxygen atoms in total. The quantitative estimate of drug-likeness (QED) is 0.789. The fourth-order valence-electron chi connectivity index (χ4n) is 1.94. The normalized spacial score (nSPS) is 14.4. The first kappa shape index (κ1) is 13.9. The van der Waals surface area contributed by atoms with Crippen LogP contribution in [-0.2, 0) is 0 Å². The van der Waals surface area contributed by atoms with Crippen LogP contribution in [-0.4, -0.2) is 0 Å². The molecule has 0 saturated heterocycles. The Hall–Kier alpha value is -0.540. The molecule has 0 saturated carbocycles. The zero-order chi connectivity index (χ0) is 13.1. The van der Waals surface area contributed by atoms with Crippen molar-refractivity contribution in [1.82, 2.24) is 5.32 Å². The summed E-state index contributed by atoms with van der Waals surface area (Å²) in [7, 11) is 0. The summed E-state index contributed by atoms with van der Waals surface area (Å²) in [4.78, 5) is 0. The molecule has 2 rings (SSSR count). The van der Waals surface area contributed by atoms with E-state index in [0.29, 0.717) is 0 Å². The second-order valence-corrected chi connectivity index (χ2v) is 6.27. The summed E-state index contributed by atoms with van der Waals surface area (Å²) >= 11 is 13.7. The zero-order valence-corrected chi connectivity index (χ0v) is 12.6. The smallest absolute Gasteiger partial charge is 0.0931 e. The SMILES string of the molecule is CC(N[C@@H](C)c1ccccc1Cl)c1csc(Cl)c1. The van der Waals surface area contributed by atoms with E-state index in [1.54, 1.807) is 11.3 Å². The molecule has 0 amide bonds. The number of rotatable bonds is 4. The van der Waals surface area contributed by atoms with E-state index in [-0.39, 0.29) is 12.1 Å². The number of thiophene rings is 1. The van der Waals surface area contributed by atoms with Gasteiger partial charge in [0.1, 0.15) is 0 Å². The maximum atomic E-state index is 6.19. The van der Waals surface area contributed by atoms with Crippen LogP contribution in [0, 0.1) is 0 Å². The van der Waals surface area contributed by atoms with Crippen molar-refractivity contribution in [3.05, 3.63) is 56.2 Å². The molecule has 1 N–H and O–H groups in total. The van der Waals surface area contributed by atoms with Crippen LogP contribution in [0.25, 0.3) is 0 Å². The van der Waals surface area contributed by atoms with E-state index in [2.05, 4.69) is 24.5 Å². The Bertz CT molecular complexity index is 524. The Morgan fingerprint density at radius 3 is 2.44 bits per heavy atom. The van der Waals surface area contributed by atoms with Gasteiger partial charge in [-0.3, -0.25) is 0 Å². The first-order chi connectivity index (χ1) is 8.58. The van der Waals surface area contributed by atoms with E-state index >= 15 is 0 Å². The first-order valence-corrected chi connectivity index (χ1v) is 7.46. The predicted octanol–water partition coefficient (Wildman–Crippen LogP) is 5.47. The molecule has 96 valence electrons. The molecule has 0 spiro atoms. The Labute approximate surface area is 122 Å². The second kappa shape index (κ2) is 6.07. The lowest BCUT2D eigenvalue weighted by molar-refractivity contribution is 0.496. The molecule has 1 aromatic carbocycles. The van der Waals surface area contributed by atoms with Gasteiger partial charge in [0.15, 0.2) is 0 Å². The molecule has 18 heavy (non-hydrogen) atoms. The number of halogens is 2. The van der Waals surface area contributed by atoms with E-state index in [1.165, 1.54) is 5.56 Å². The highest BCUT2D eigenvalue weighted by atomic mass is 35.5. The third-order valence-corrected chi connectivity index (χ3v) is 4.41. The Morgan fingerprint density at radius 1 is 1.11 bits per heavy atom. The van der Waals surface area contributed by atoms with Gasteiger partial charge >= 0.3 is 0 Å². The van der Waals surface area contributed by atoms with Crippen LogP contribution < -0.4 is 5.32 Å². The molecule has 1 aromatic heterocycles. The average Bonchev–Trinajstić information content (AvgIpc) is 2.76. The van der Waals surface area contributed by atoms with Gasteiger partial charge in [0, 0.05) is 17.1 Å². The lowest BCUT2D eigenvalue weighted by Gasteiger charge is -2.20. The maximum absolute atomic E-state index is 6.19. The molecule has 0 fully saturated rings. The van der Waals surface area contributed by atoms with E-state index in [0.717, 1.165) is 14.9 Å². The number of benzene rings is 1. The van der Waals surface area contributed by atoms with Crippen molar-refractivity contribution in [3.63, 3.8) is 0 Å². The summed E-state index contributed by atoms with van der Waals surface area (Å²) in [5, 5.41) is 6.41. The molecular formula is C14H15Cl2NS. The molecule has 0 bridgehead atoms. The minimum atomic E-state index is 0.201. The molecule has 0 aliphatic rings. The molecule has 0 aliphatic heterocycles. The fourth-order valence-corrected chi connectivity index (χ4v) is 3.22. The molecule has 0 radical (unpaired) electrons. The number of nitrogens with one attached hydrogen (secondary N) is 1. The summed E-state index contributed by atoms with van der Waals surface area (Å²) in [6.45, 7) is 4.25. The van der Waals surface area contributed by atoms with Crippen molar-refractivity contribution in [2.75, 3.05) is 0 Å². The van der Waals surface area contributed by atoms with Crippen molar-refractivity contribution in [1.29, 1.82) is 0 Å². The van der Waals surface area contributed by atoms with Crippen molar-refractivity contribution in [2.45, 2.75) is 25.9 Å². The third kappa shape index (κ3) is 3.27. The van der Waals surface area contributed by atoms with E-state index in [1.807, 2.05) is 30.3 Å². The predicted molar refractivity (Wildman–Crippen MR) is 80.7 cm³/mol. The molecule has 0 aliphatic carbocycles. The minimum absolute atomic E-state index is 0.201. The van der Waals surface area contributed by atoms with Crippen molar-refractivity contribution in [2.24, 2.45) is 0 Å². The Kier molecular flexibility index (Phi) is 4.68. The van der Waals surface area contributed by atoms with Crippen LogP contribution in [0.4, 0.5) is 0 Å². The molecule has 2 atom stereocenters. The molecule has 4 heteroatoms. The van der Waals surface area contributed by atoms with Crippen LogP contribution in [0.15, 0.2) is 35.7 Å². The van der Waals surface area contributed by atoms with Gasteiger partial charge in [0.25, 0.3) is 0 Å². The lowest BCUT2D eigenvalue weighted by atomic mass is 10.1. The number of hydrogen-bond acceptors (Lipinski definition) is 2. The molecular weight excluding hydrogens is 285 g/mol. The second-order valence-electron chi connectivity index (χ2n) is 4.32. The highest BCUT2D eigenvalue weighted by Gasteiger charge is 2.14. The summed E-state index contributed by atoms with van der Waals surface area (Å²) in [5.74, 6) is 0. The van der Waals surface area contributed by atoms with Crippen LogP contribution in [0.1, 0.15) is 37.1 Å². The highest BCUT2D eigenvalue weighted by Crippen LogP contribution is 2.28. The summed E-state index contributed by atoms with van der Waals surface area (Å²) in [6.07, 6.45) is 0. The van der Waals surface area contributed by atoms with Crippen molar-refractivity contribution in [3.8, 4) is 0 Å². The van der Waals surface area contributed by atoms with Gasteiger partial charge < -0.3 is 5.32 Å². The Morgan fingerprint density at radius 2 is 1.83 bits per heavy atom. The fraction of sp³-hybridized carbons (Fsp3) is 0.286. The minimum Gasteiger partial charge on any atom is -0.304 e. The summed E-state index contributed by atoms with van der Waals surface area (Å²) in [6, 6.07) is 10.4. The topological polar surface area (TPSA) is 12.0 Å². The standard InChI is InChI=1S/C14H15Cl2NS/c1-9(11-7-14(16)18-8-11)17-10(2)12-5-3-4-6-13(12)15/h3-10,17H,1-2H3/t9?,10-/m0/s1. The van der Waals surface area contributed by atoms with Crippen LogP contribution in [0.3, 0.4) is 0 Å². The van der Waals surface area contributed by atoms with Crippen LogP contribution in [0.2, 0.25) is 9.36 Å². The van der Waals surface area contributed by atoms with Gasteiger partial charge in [0.2, 0.25) is 0 Å². The Balaban J connectivity index is 2.08. The molecule has 2 aromatic rings. The lowest BCUT2D eigenvalue weighted by Crippen LogP contribution is -2.22. The van der Waals surface area contributed by atoms with Crippen molar-refractivity contribution < 1.29 is 0 Å². The average molecular weight is 300 g/mol. The van der Waals surface area contributed by atoms with Gasteiger partial charge in [0.05, 0.1) is 4.34 Å². The monoisotopic (exact) mass is 299 g/mol. The maximum Gasteiger partial charge on any atom is 0.0931 e. The van der Waals surface area contributed by atoms with E-state index < -0.39 is 0 Å². The van der Waals surface area contributed by atoms with Crippen LogP contribution >= 0.6 is 34.5 Å². The van der Waals surface area contributed by atoms with E-state index in [4.69, 9.17) is 23.2 Å². The van der Waals surface area contributed by atoms with Gasteiger partial charge in [-0.05, 0) is 42.5 Å². The van der Waals surface area contributed by atoms with Crippen LogP contribution in [0.5, 0.6) is 0 Å². The largest absolute Gasteiger partial charge is 0.304 e. The van der Waals surface area contributed by atoms with Gasteiger partial charge in [-0.2, -0.15) is 0 Å². The number of hydrogen-bond donors (Lipinski definition) is 1.